The quantitative estimate of drug-likeness (QED) is 0.615. The Balaban J connectivity index is 1.99. The number of carbonyl (C=O) groups is 1. The van der Waals surface area contributed by atoms with Gasteiger partial charge in [-0.05, 0) is 56.0 Å². The molecule has 0 aromatic heterocycles. The van der Waals surface area contributed by atoms with E-state index in [9.17, 15) is 13.2 Å². The zero-order valence-corrected chi connectivity index (χ0v) is 19.0. The van der Waals surface area contributed by atoms with Gasteiger partial charge in [0.1, 0.15) is 0 Å². The number of sulfonamides is 1. The van der Waals surface area contributed by atoms with Crippen LogP contribution in [0.1, 0.15) is 48.9 Å². The smallest absolute Gasteiger partial charge is 0.232 e. The van der Waals surface area contributed by atoms with Gasteiger partial charge in [0, 0.05) is 18.0 Å². The van der Waals surface area contributed by atoms with E-state index in [1.165, 1.54) is 9.87 Å². The molecule has 0 saturated heterocycles. The third-order valence-electron chi connectivity index (χ3n) is 4.81. The summed E-state index contributed by atoms with van der Waals surface area (Å²) >= 11 is 5.99. The van der Waals surface area contributed by atoms with Crippen molar-refractivity contribution in [3.05, 3.63) is 64.2 Å². The first kappa shape index (κ1) is 23.2. The lowest BCUT2D eigenvalue weighted by molar-refractivity contribution is -0.121. The molecule has 0 aliphatic heterocycles. The van der Waals surface area contributed by atoms with Gasteiger partial charge < -0.3 is 5.32 Å². The summed E-state index contributed by atoms with van der Waals surface area (Å²) in [5, 5.41) is 3.54. The molecule has 0 spiro atoms. The molecule has 2 rings (SSSR count). The van der Waals surface area contributed by atoms with Crippen LogP contribution < -0.4 is 9.62 Å². The van der Waals surface area contributed by atoms with Gasteiger partial charge in [-0.2, -0.15) is 0 Å². The van der Waals surface area contributed by atoms with Gasteiger partial charge in [0.2, 0.25) is 15.9 Å². The van der Waals surface area contributed by atoms with E-state index in [0.29, 0.717) is 17.1 Å². The number of nitrogens with zero attached hydrogens (tertiary/aromatic N) is 1. The van der Waals surface area contributed by atoms with Crippen LogP contribution in [0.2, 0.25) is 5.02 Å². The van der Waals surface area contributed by atoms with Crippen LogP contribution in [-0.4, -0.2) is 27.1 Å². The van der Waals surface area contributed by atoms with Gasteiger partial charge in [-0.3, -0.25) is 9.10 Å². The Labute approximate surface area is 179 Å². The Bertz CT molecular complexity index is 960. The van der Waals surface area contributed by atoms with Crippen LogP contribution in [0.3, 0.4) is 0 Å². The SMILES string of the molecule is CC[C@H](NC(=O)CCCN(c1cccc(Cl)c1)S(C)(=O)=O)c1ccc(C)cc1C. The molecular formula is C22H29ClN2O3S. The molecule has 1 atom stereocenters. The first-order valence-electron chi connectivity index (χ1n) is 9.71. The third kappa shape index (κ3) is 6.75. The average Bonchev–Trinajstić information content (AvgIpc) is 2.62. The number of amides is 1. The number of aryl methyl sites for hydroxylation is 2. The van der Waals surface area contributed by atoms with Crippen molar-refractivity contribution in [1.82, 2.24) is 5.32 Å². The lowest BCUT2D eigenvalue weighted by Gasteiger charge is -2.23. The highest BCUT2D eigenvalue weighted by Gasteiger charge is 2.19. The highest BCUT2D eigenvalue weighted by atomic mass is 35.5. The Hall–Kier alpha value is -2.05. The second-order valence-corrected chi connectivity index (χ2v) is 9.65. The fraction of sp³-hybridized carbons (Fsp3) is 0.409. The predicted octanol–water partition coefficient (Wildman–Crippen LogP) is 4.77. The second kappa shape index (κ2) is 10.1. The van der Waals surface area contributed by atoms with Crippen LogP contribution in [0, 0.1) is 13.8 Å². The van der Waals surface area contributed by atoms with Crippen molar-refractivity contribution in [2.75, 3.05) is 17.1 Å². The van der Waals surface area contributed by atoms with Crippen molar-refractivity contribution in [1.29, 1.82) is 0 Å². The first-order chi connectivity index (χ1) is 13.6. The van der Waals surface area contributed by atoms with E-state index in [4.69, 9.17) is 11.6 Å². The maximum atomic E-state index is 12.5. The summed E-state index contributed by atoms with van der Waals surface area (Å²) in [6.45, 7) is 6.34. The lowest BCUT2D eigenvalue weighted by atomic mass is 9.97. The summed E-state index contributed by atoms with van der Waals surface area (Å²) in [5.41, 5.74) is 3.96. The first-order valence-corrected chi connectivity index (χ1v) is 11.9. The number of anilines is 1. The van der Waals surface area contributed by atoms with Gasteiger partial charge in [0.05, 0.1) is 18.0 Å². The maximum Gasteiger partial charge on any atom is 0.232 e. The molecule has 29 heavy (non-hydrogen) atoms. The van der Waals surface area contributed by atoms with Gasteiger partial charge in [0.15, 0.2) is 0 Å². The van der Waals surface area contributed by atoms with Crippen LogP contribution in [0.5, 0.6) is 0 Å². The summed E-state index contributed by atoms with van der Waals surface area (Å²) in [7, 11) is -3.47. The number of hydrogen-bond acceptors (Lipinski definition) is 3. The standard InChI is InChI=1S/C22H29ClN2O3S/c1-5-21(20-12-11-16(2)14-17(20)3)24-22(26)10-7-13-25(29(4,27)28)19-9-6-8-18(23)15-19/h6,8-9,11-12,14-15,21H,5,7,10,13H2,1-4H3,(H,24,26)/t21-/m0/s1. The molecule has 0 fully saturated rings. The molecule has 0 heterocycles. The largest absolute Gasteiger partial charge is 0.349 e. The van der Waals surface area contributed by atoms with Crippen molar-refractivity contribution in [2.45, 2.75) is 46.1 Å². The Morgan fingerprint density at radius 2 is 1.90 bits per heavy atom. The van der Waals surface area contributed by atoms with Gasteiger partial charge in [0.25, 0.3) is 0 Å². The molecule has 0 saturated carbocycles. The molecule has 1 amide bonds. The number of benzene rings is 2. The fourth-order valence-corrected chi connectivity index (χ4v) is 4.53. The minimum absolute atomic E-state index is 0.0537. The predicted molar refractivity (Wildman–Crippen MR) is 120 cm³/mol. The summed E-state index contributed by atoms with van der Waals surface area (Å²) in [5.74, 6) is -0.0867. The van der Waals surface area contributed by atoms with Crippen molar-refractivity contribution >= 4 is 33.2 Å². The van der Waals surface area contributed by atoms with Crippen molar-refractivity contribution in [2.24, 2.45) is 0 Å². The van der Waals surface area contributed by atoms with Crippen molar-refractivity contribution < 1.29 is 13.2 Å². The van der Waals surface area contributed by atoms with Crippen molar-refractivity contribution in [3.63, 3.8) is 0 Å². The molecule has 0 aliphatic carbocycles. The monoisotopic (exact) mass is 436 g/mol. The average molecular weight is 437 g/mol. The molecule has 0 radical (unpaired) electrons. The van der Waals surface area contributed by atoms with E-state index >= 15 is 0 Å². The highest BCUT2D eigenvalue weighted by molar-refractivity contribution is 7.92. The number of nitrogens with one attached hydrogen (secondary N) is 1. The second-order valence-electron chi connectivity index (χ2n) is 7.31. The highest BCUT2D eigenvalue weighted by Crippen LogP contribution is 2.23. The molecule has 0 unspecified atom stereocenters. The van der Waals surface area contributed by atoms with E-state index in [0.717, 1.165) is 23.8 Å². The van der Waals surface area contributed by atoms with Crippen LogP contribution >= 0.6 is 11.6 Å². The summed E-state index contributed by atoms with van der Waals surface area (Å²) < 4.78 is 25.6. The van der Waals surface area contributed by atoms with E-state index < -0.39 is 10.0 Å². The normalized spacial score (nSPS) is 12.4. The van der Waals surface area contributed by atoms with Crippen LogP contribution in [-0.2, 0) is 14.8 Å². The minimum Gasteiger partial charge on any atom is -0.349 e. The molecule has 2 aromatic rings. The Morgan fingerprint density at radius 1 is 1.17 bits per heavy atom. The van der Waals surface area contributed by atoms with Crippen LogP contribution in [0.4, 0.5) is 5.69 Å². The number of halogens is 1. The van der Waals surface area contributed by atoms with Gasteiger partial charge in [-0.1, -0.05) is 48.4 Å². The molecular weight excluding hydrogens is 408 g/mol. The van der Waals surface area contributed by atoms with E-state index in [1.54, 1.807) is 24.3 Å². The summed E-state index contributed by atoms with van der Waals surface area (Å²) in [6.07, 6.45) is 2.59. The third-order valence-corrected chi connectivity index (χ3v) is 6.23. The van der Waals surface area contributed by atoms with E-state index in [-0.39, 0.29) is 24.9 Å². The molecule has 158 valence electrons. The van der Waals surface area contributed by atoms with Crippen molar-refractivity contribution in [3.8, 4) is 0 Å². The molecule has 0 bridgehead atoms. The molecule has 5 nitrogen and oxygen atoms in total. The lowest BCUT2D eigenvalue weighted by Crippen LogP contribution is -2.33. The van der Waals surface area contributed by atoms with Crippen LogP contribution in [0.25, 0.3) is 0 Å². The zero-order valence-electron chi connectivity index (χ0n) is 17.4. The van der Waals surface area contributed by atoms with Gasteiger partial charge >= 0.3 is 0 Å². The van der Waals surface area contributed by atoms with Crippen LogP contribution in [0.15, 0.2) is 42.5 Å². The minimum atomic E-state index is -3.47. The molecule has 7 heteroatoms. The number of hydrogen-bond donors (Lipinski definition) is 1. The molecule has 2 aromatic carbocycles. The topological polar surface area (TPSA) is 66.5 Å². The molecule has 1 N–H and O–H groups in total. The fourth-order valence-electron chi connectivity index (χ4n) is 3.38. The Kier molecular flexibility index (Phi) is 8.11. The van der Waals surface area contributed by atoms with Gasteiger partial charge in [-0.25, -0.2) is 8.42 Å². The number of carbonyl (C=O) groups excluding carboxylic acids is 1. The molecule has 0 aliphatic rings. The zero-order chi connectivity index (χ0) is 21.6. The summed E-state index contributed by atoms with van der Waals surface area (Å²) in [4.78, 5) is 12.5. The van der Waals surface area contributed by atoms with E-state index in [2.05, 4.69) is 17.4 Å². The number of rotatable bonds is 9. The van der Waals surface area contributed by atoms with Gasteiger partial charge in [-0.15, -0.1) is 0 Å². The van der Waals surface area contributed by atoms with E-state index in [1.807, 2.05) is 26.8 Å². The Morgan fingerprint density at radius 3 is 2.48 bits per heavy atom. The maximum absolute atomic E-state index is 12.5. The summed E-state index contributed by atoms with van der Waals surface area (Å²) in [6, 6.07) is 12.9.